The van der Waals surface area contributed by atoms with Crippen molar-refractivity contribution >= 4 is 28.6 Å². The van der Waals surface area contributed by atoms with Gasteiger partial charge in [0.1, 0.15) is 11.8 Å². The summed E-state index contributed by atoms with van der Waals surface area (Å²) in [5.74, 6) is 0.665. The maximum atomic E-state index is 8.99. The monoisotopic (exact) mass is 253 g/mol. The molecule has 2 heterocycles. The van der Waals surface area contributed by atoms with Gasteiger partial charge in [-0.15, -0.1) is 11.6 Å². The molecule has 7 heteroatoms. The van der Waals surface area contributed by atoms with Crippen LogP contribution in [0.5, 0.6) is 0 Å². The summed E-state index contributed by atoms with van der Waals surface area (Å²) >= 11 is 5.65. The molecule has 3 N–H and O–H groups in total. The van der Waals surface area contributed by atoms with Gasteiger partial charge in [-0.1, -0.05) is 6.08 Å². The van der Waals surface area contributed by atoms with Crippen molar-refractivity contribution in [3.8, 4) is 0 Å². The summed E-state index contributed by atoms with van der Waals surface area (Å²) in [6, 6.07) is 0. The third-order valence-electron chi connectivity index (χ3n) is 2.38. The van der Waals surface area contributed by atoms with E-state index in [9.17, 15) is 0 Å². The highest BCUT2D eigenvalue weighted by Crippen LogP contribution is 2.14. The minimum atomic E-state index is -0.0484. The number of fused-ring (bicyclic) bond motifs is 1. The minimum Gasteiger partial charge on any atom is -0.392 e. The lowest BCUT2D eigenvalue weighted by molar-refractivity contribution is 0.331. The molecule has 2 rings (SSSR count). The van der Waals surface area contributed by atoms with Gasteiger partial charge in [0.05, 0.1) is 12.9 Å². The van der Waals surface area contributed by atoms with Crippen molar-refractivity contribution in [1.82, 2.24) is 19.5 Å². The minimum absolute atomic E-state index is 0.0484. The van der Waals surface area contributed by atoms with Gasteiger partial charge in [0, 0.05) is 12.4 Å². The molecular weight excluding hydrogens is 242 g/mol. The first kappa shape index (κ1) is 11.8. The van der Waals surface area contributed by atoms with Crippen molar-refractivity contribution in [3.05, 3.63) is 24.3 Å². The fraction of sp³-hybridized carbons (Fsp3) is 0.300. The average Bonchev–Trinajstić information content (AvgIpc) is 2.75. The molecule has 2 aromatic heterocycles. The van der Waals surface area contributed by atoms with Crippen molar-refractivity contribution in [2.75, 3.05) is 18.2 Å². The van der Waals surface area contributed by atoms with Gasteiger partial charge in [0.2, 0.25) is 0 Å². The van der Waals surface area contributed by atoms with Gasteiger partial charge in [-0.25, -0.2) is 15.0 Å². The number of aliphatic hydroxyl groups is 1. The quantitative estimate of drug-likeness (QED) is 0.614. The van der Waals surface area contributed by atoms with Crippen molar-refractivity contribution in [3.63, 3.8) is 0 Å². The molecule has 0 aliphatic heterocycles. The Hall–Kier alpha value is -1.66. The van der Waals surface area contributed by atoms with E-state index in [-0.39, 0.29) is 6.61 Å². The van der Waals surface area contributed by atoms with Crippen LogP contribution in [0.4, 0.5) is 5.82 Å². The molecule has 0 amide bonds. The smallest absolute Gasteiger partial charge is 0.165 e. The first-order valence-electron chi connectivity index (χ1n) is 5.02. The van der Waals surface area contributed by atoms with Crippen LogP contribution in [-0.2, 0) is 6.54 Å². The van der Waals surface area contributed by atoms with E-state index in [1.807, 2.05) is 10.6 Å². The molecule has 0 fully saturated rings. The van der Waals surface area contributed by atoms with Gasteiger partial charge in [-0.05, 0) is 5.57 Å². The fourth-order valence-electron chi connectivity index (χ4n) is 1.42. The highest BCUT2D eigenvalue weighted by atomic mass is 35.5. The summed E-state index contributed by atoms with van der Waals surface area (Å²) in [5.41, 5.74) is 7.68. The molecule has 0 aromatic carbocycles. The number of anilines is 1. The Labute approximate surface area is 103 Å². The van der Waals surface area contributed by atoms with Gasteiger partial charge in [-0.3, -0.25) is 0 Å². The Kier molecular flexibility index (Phi) is 3.55. The number of nitrogens with two attached hydrogens (primary N) is 1. The van der Waals surface area contributed by atoms with Gasteiger partial charge in [-0.2, -0.15) is 0 Å². The molecule has 0 saturated carbocycles. The molecule has 0 spiro atoms. The molecule has 0 unspecified atom stereocenters. The second kappa shape index (κ2) is 5.11. The zero-order valence-electron chi connectivity index (χ0n) is 9.04. The Bertz CT molecular complexity index is 545. The zero-order valence-corrected chi connectivity index (χ0v) is 9.80. The first-order chi connectivity index (χ1) is 8.26. The van der Waals surface area contributed by atoms with Crippen LogP contribution in [0.15, 0.2) is 24.3 Å². The molecule has 0 atom stereocenters. The van der Waals surface area contributed by atoms with Crippen molar-refractivity contribution in [2.45, 2.75) is 6.54 Å². The summed E-state index contributed by atoms with van der Waals surface area (Å²) < 4.78 is 1.82. The number of hydrogen-bond acceptors (Lipinski definition) is 5. The van der Waals surface area contributed by atoms with Crippen LogP contribution in [0.2, 0.25) is 0 Å². The predicted molar refractivity (Wildman–Crippen MR) is 65.6 cm³/mol. The Morgan fingerprint density at radius 1 is 1.47 bits per heavy atom. The van der Waals surface area contributed by atoms with Gasteiger partial charge in [0.25, 0.3) is 0 Å². The largest absolute Gasteiger partial charge is 0.392 e. The Balaban J connectivity index is 2.31. The molecule has 6 nitrogen and oxygen atoms in total. The van der Waals surface area contributed by atoms with Gasteiger partial charge < -0.3 is 15.4 Å². The summed E-state index contributed by atoms with van der Waals surface area (Å²) in [6.07, 6.45) is 4.87. The fourth-order valence-corrected chi connectivity index (χ4v) is 1.61. The molecular formula is C10H12ClN5O. The molecule has 17 heavy (non-hydrogen) atoms. The summed E-state index contributed by atoms with van der Waals surface area (Å²) in [7, 11) is 0. The topological polar surface area (TPSA) is 89.9 Å². The van der Waals surface area contributed by atoms with Crippen LogP contribution in [0.3, 0.4) is 0 Å². The van der Waals surface area contributed by atoms with Crippen molar-refractivity contribution < 1.29 is 5.11 Å². The van der Waals surface area contributed by atoms with Crippen LogP contribution >= 0.6 is 11.6 Å². The van der Waals surface area contributed by atoms with E-state index in [0.717, 1.165) is 5.57 Å². The highest BCUT2D eigenvalue weighted by Gasteiger charge is 2.06. The number of imidazole rings is 1. The Morgan fingerprint density at radius 3 is 3.00 bits per heavy atom. The van der Waals surface area contributed by atoms with Crippen LogP contribution in [0, 0.1) is 0 Å². The maximum absolute atomic E-state index is 8.99. The number of aliphatic hydroxyl groups excluding tert-OH is 1. The third kappa shape index (κ3) is 2.37. The second-order valence-electron chi connectivity index (χ2n) is 3.48. The van der Waals surface area contributed by atoms with E-state index in [4.69, 9.17) is 22.4 Å². The lowest BCUT2D eigenvalue weighted by atomic mass is 10.3. The molecule has 2 aromatic rings. The van der Waals surface area contributed by atoms with Gasteiger partial charge in [0.15, 0.2) is 11.5 Å². The lowest BCUT2D eigenvalue weighted by Crippen LogP contribution is -2.00. The molecule has 0 saturated heterocycles. The second-order valence-corrected chi connectivity index (χ2v) is 3.75. The molecule has 0 aliphatic rings. The first-order valence-corrected chi connectivity index (χ1v) is 5.55. The SMILES string of the molecule is Nc1ncnc2c1ncn2C/C=C(/CO)CCl. The van der Waals surface area contributed by atoms with E-state index >= 15 is 0 Å². The number of nitrogens with zero attached hydrogens (tertiary/aromatic N) is 4. The van der Waals surface area contributed by atoms with Crippen molar-refractivity contribution in [2.24, 2.45) is 0 Å². The number of hydrogen-bond donors (Lipinski definition) is 2. The van der Waals surface area contributed by atoms with E-state index in [1.54, 1.807) is 6.33 Å². The van der Waals surface area contributed by atoms with E-state index in [1.165, 1.54) is 6.33 Å². The molecule has 90 valence electrons. The standard InChI is InChI=1S/C10H12ClN5O/c11-3-7(4-17)1-2-16-6-15-8-9(12)13-5-14-10(8)16/h1,5-6,17H,2-4H2,(H2,12,13,14)/b7-1+. The lowest BCUT2D eigenvalue weighted by Gasteiger charge is -2.01. The number of rotatable bonds is 4. The summed E-state index contributed by atoms with van der Waals surface area (Å²) in [6.45, 7) is 0.489. The number of halogens is 1. The summed E-state index contributed by atoms with van der Waals surface area (Å²) in [4.78, 5) is 12.1. The van der Waals surface area contributed by atoms with E-state index < -0.39 is 0 Å². The third-order valence-corrected chi connectivity index (χ3v) is 2.72. The van der Waals surface area contributed by atoms with E-state index in [0.29, 0.717) is 29.4 Å². The number of allylic oxidation sites excluding steroid dienone is 1. The molecule has 0 bridgehead atoms. The van der Waals surface area contributed by atoms with Crippen LogP contribution < -0.4 is 5.73 Å². The van der Waals surface area contributed by atoms with Crippen LogP contribution in [-0.4, -0.2) is 37.1 Å². The number of aromatic nitrogens is 4. The normalized spacial score (nSPS) is 12.2. The predicted octanol–water partition coefficient (Wildman–Crippen LogP) is 0.566. The van der Waals surface area contributed by atoms with Crippen LogP contribution in [0.25, 0.3) is 11.2 Å². The number of nitrogen functional groups attached to an aromatic ring is 1. The number of alkyl halides is 1. The summed E-state index contributed by atoms with van der Waals surface area (Å²) in [5, 5.41) is 8.99. The molecule has 0 radical (unpaired) electrons. The highest BCUT2D eigenvalue weighted by molar-refractivity contribution is 6.19. The average molecular weight is 254 g/mol. The van der Waals surface area contributed by atoms with Crippen molar-refractivity contribution in [1.29, 1.82) is 0 Å². The van der Waals surface area contributed by atoms with E-state index in [2.05, 4.69) is 15.0 Å². The zero-order chi connectivity index (χ0) is 12.3. The maximum Gasteiger partial charge on any atom is 0.165 e. The van der Waals surface area contributed by atoms with Gasteiger partial charge >= 0.3 is 0 Å². The Morgan fingerprint density at radius 2 is 2.29 bits per heavy atom. The molecule has 0 aliphatic carbocycles. The van der Waals surface area contributed by atoms with Crippen LogP contribution in [0.1, 0.15) is 0 Å².